The van der Waals surface area contributed by atoms with Crippen molar-refractivity contribution in [2.75, 3.05) is 18.4 Å². The van der Waals surface area contributed by atoms with Crippen molar-refractivity contribution < 1.29 is 18.0 Å². The molecule has 2 amide bonds. The van der Waals surface area contributed by atoms with Crippen LogP contribution in [-0.2, 0) is 21.4 Å². The highest BCUT2D eigenvalue weighted by molar-refractivity contribution is 7.89. The average Bonchev–Trinajstić information content (AvgIpc) is 3.28. The van der Waals surface area contributed by atoms with E-state index in [1.54, 1.807) is 22.5 Å². The number of carbonyl (C=O) groups excluding carboxylic acids is 2. The molecule has 2 aliphatic rings. The molecule has 0 aliphatic carbocycles. The van der Waals surface area contributed by atoms with Crippen LogP contribution < -0.4 is 11.1 Å². The van der Waals surface area contributed by atoms with Gasteiger partial charge >= 0.3 is 0 Å². The second kappa shape index (κ2) is 10.2. The van der Waals surface area contributed by atoms with Crippen molar-refractivity contribution in [3.05, 3.63) is 59.7 Å². The highest BCUT2D eigenvalue weighted by Crippen LogP contribution is 2.26. The van der Waals surface area contributed by atoms with E-state index in [9.17, 15) is 18.0 Å². The van der Waals surface area contributed by atoms with Crippen LogP contribution in [-0.4, -0.2) is 54.6 Å². The zero-order valence-electron chi connectivity index (χ0n) is 19.4. The zero-order chi connectivity index (χ0) is 24.3. The molecule has 3 N–H and O–H groups in total. The molecule has 0 radical (unpaired) electrons. The minimum atomic E-state index is -3.58. The summed E-state index contributed by atoms with van der Waals surface area (Å²) in [6.45, 7) is 3.86. The quantitative estimate of drug-likeness (QED) is 0.627. The van der Waals surface area contributed by atoms with Crippen LogP contribution in [0.4, 0.5) is 5.69 Å². The fraction of sp³-hybridized carbons (Fsp3) is 0.440. The molecule has 8 nitrogen and oxygen atoms in total. The number of piperidine rings is 1. The lowest BCUT2D eigenvalue weighted by Crippen LogP contribution is -2.41. The summed E-state index contributed by atoms with van der Waals surface area (Å²) >= 11 is 0. The van der Waals surface area contributed by atoms with Crippen molar-refractivity contribution in [1.82, 2.24) is 9.21 Å². The maximum atomic E-state index is 13.0. The standard InChI is InChI=1S/C25H32N4O4S/c1-18-6-2-3-15-29(18)34(32,33)22-12-10-20(11-13-22)25(31)27-21-8-4-7-19(16-21)17-28-14-5-9-23(28)24(26)30/h4,7-8,10-13,16,18,23H,2-3,5-6,9,14-15,17H2,1H3,(H2,26,30)(H,27,31). The van der Waals surface area contributed by atoms with E-state index in [1.807, 2.05) is 25.1 Å². The molecule has 2 aromatic rings. The first kappa shape index (κ1) is 24.4. The van der Waals surface area contributed by atoms with Gasteiger partial charge in [0.2, 0.25) is 15.9 Å². The molecule has 0 aromatic heterocycles. The van der Waals surface area contributed by atoms with Crippen LogP contribution in [0.15, 0.2) is 53.4 Å². The summed E-state index contributed by atoms with van der Waals surface area (Å²) in [5.74, 6) is -0.620. The molecule has 0 saturated carbocycles. The van der Waals surface area contributed by atoms with E-state index in [0.29, 0.717) is 24.3 Å². The maximum absolute atomic E-state index is 13.0. The number of hydrogen-bond donors (Lipinski definition) is 2. The van der Waals surface area contributed by atoms with Gasteiger partial charge in [0.25, 0.3) is 5.91 Å². The van der Waals surface area contributed by atoms with E-state index >= 15 is 0 Å². The van der Waals surface area contributed by atoms with E-state index in [1.165, 1.54) is 12.1 Å². The van der Waals surface area contributed by atoms with Crippen molar-refractivity contribution in [1.29, 1.82) is 0 Å². The molecule has 34 heavy (non-hydrogen) atoms. The number of primary amides is 1. The second-order valence-electron chi connectivity index (χ2n) is 9.17. The number of sulfonamides is 1. The van der Waals surface area contributed by atoms with E-state index in [4.69, 9.17) is 5.73 Å². The van der Waals surface area contributed by atoms with Gasteiger partial charge in [-0.15, -0.1) is 0 Å². The molecule has 0 bridgehead atoms. The van der Waals surface area contributed by atoms with E-state index < -0.39 is 10.0 Å². The highest BCUT2D eigenvalue weighted by atomic mass is 32.2. The zero-order valence-corrected chi connectivity index (χ0v) is 20.3. The first-order valence-electron chi connectivity index (χ1n) is 11.8. The number of nitrogens with zero attached hydrogens (tertiary/aromatic N) is 2. The predicted octanol–water partition coefficient (Wildman–Crippen LogP) is 2.95. The molecule has 2 atom stereocenters. The third-order valence-corrected chi connectivity index (χ3v) is 8.76. The number of nitrogens with two attached hydrogens (primary N) is 1. The van der Waals surface area contributed by atoms with Gasteiger partial charge < -0.3 is 11.1 Å². The lowest BCUT2D eigenvalue weighted by atomic mass is 10.1. The molecule has 9 heteroatoms. The second-order valence-corrected chi connectivity index (χ2v) is 11.1. The van der Waals surface area contributed by atoms with E-state index in [2.05, 4.69) is 10.2 Å². The van der Waals surface area contributed by atoms with Crippen molar-refractivity contribution in [3.8, 4) is 0 Å². The molecule has 2 aromatic carbocycles. The Labute approximate surface area is 201 Å². The Morgan fingerprint density at radius 2 is 1.79 bits per heavy atom. The fourth-order valence-electron chi connectivity index (χ4n) is 4.87. The first-order valence-corrected chi connectivity index (χ1v) is 13.3. The molecule has 2 fully saturated rings. The topological polar surface area (TPSA) is 113 Å². The predicted molar refractivity (Wildman–Crippen MR) is 131 cm³/mol. The molecule has 2 aliphatic heterocycles. The molecule has 2 saturated heterocycles. The van der Waals surface area contributed by atoms with Gasteiger partial charge in [-0.25, -0.2) is 8.42 Å². The first-order chi connectivity index (χ1) is 16.3. The minimum absolute atomic E-state index is 0.0205. The van der Waals surface area contributed by atoms with Gasteiger partial charge in [0.05, 0.1) is 10.9 Å². The van der Waals surface area contributed by atoms with Crippen LogP contribution in [0.5, 0.6) is 0 Å². The summed E-state index contributed by atoms with van der Waals surface area (Å²) in [6, 6.07) is 13.3. The molecule has 2 unspecified atom stereocenters. The number of nitrogens with one attached hydrogen (secondary N) is 1. The minimum Gasteiger partial charge on any atom is -0.368 e. The van der Waals surface area contributed by atoms with Crippen LogP contribution >= 0.6 is 0 Å². The molecule has 182 valence electrons. The lowest BCUT2D eigenvalue weighted by molar-refractivity contribution is -0.122. The van der Waals surface area contributed by atoms with E-state index in [-0.39, 0.29) is 28.8 Å². The van der Waals surface area contributed by atoms with Crippen LogP contribution in [0.25, 0.3) is 0 Å². The molecule has 2 heterocycles. The normalized spacial score (nSPS) is 21.9. The van der Waals surface area contributed by atoms with Gasteiger partial charge in [0.1, 0.15) is 0 Å². The summed E-state index contributed by atoms with van der Waals surface area (Å²) in [7, 11) is -3.58. The summed E-state index contributed by atoms with van der Waals surface area (Å²) < 4.78 is 27.6. The highest BCUT2D eigenvalue weighted by Gasteiger charge is 2.31. The molecule has 4 rings (SSSR count). The van der Waals surface area contributed by atoms with Gasteiger partial charge in [-0.2, -0.15) is 4.31 Å². The SMILES string of the molecule is CC1CCCCN1S(=O)(=O)c1ccc(C(=O)Nc2cccc(CN3CCCC3C(N)=O)c2)cc1. The Balaban J connectivity index is 1.42. The van der Waals surface area contributed by atoms with Crippen molar-refractivity contribution >= 4 is 27.5 Å². The van der Waals surface area contributed by atoms with Gasteiger partial charge in [-0.05, 0) is 81.1 Å². The maximum Gasteiger partial charge on any atom is 0.255 e. The smallest absolute Gasteiger partial charge is 0.255 e. The third-order valence-electron chi connectivity index (χ3n) is 6.73. The van der Waals surface area contributed by atoms with Gasteiger partial charge in [0.15, 0.2) is 0 Å². The number of hydrogen-bond acceptors (Lipinski definition) is 5. The lowest BCUT2D eigenvalue weighted by Gasteiger charge is -2.32. The van der Waals surface area contributed by atoms with Crippen LogP contribution in [0.1, 0.15) is 54.9 Å². The Morgan fingerprint density at radius 1 is 1.03 bits per heavy atom. The summed E-state index contributed by atoms with van der Waals surface area (Å²) in [4.78, 5) is 26.7. The molecular formula is C25H32N4O4S. The third kappa shape index (κ3) is 5.32. The van der Waals surface area contributed by atoms with Gasteiger partial charge in [0, 0.05) is 30.4 Å². The number of likely N-dealkylation sites (tertiary alicyclic amines) is 1. The van der Waals surface area contributed by atoms with Crippen molar-refractivity contribution in [3.63, 3.8) is 0 Å². The average molecular weight is 485 g/mol. The number of amides is 2. The molecular weight excluding hydrogens is 452 g/mol. The Hall–Kier alpha value is -2.75. The number of benzene rings is 2. The summed E-state index contributed by atoms with van der Waals surface area (Å²) in [5.41, 5.74) is 7.50. The fourth-order valence-corrected chi connectivity index (χ4v) is 6.56. The Kier molecular flexibility index (Phi) is 7.35. The largest absolute Gasteiger partial charge is 0.368 e. The number of rotatable bonds is 7. The van der Waals surface area contributed by atoms with Crippen molar-refractivity contribution in [2.45, 2.75) is 62.6 Å². The Morgan fingerprint density at radius 3 is 2.50 bits per heavy atom. The van der Waals surface area contributed by atoms with E-state index in [0.717, 1.165) is 44.2 Å². The van der Waals surface area contributed by atoms with Gasteiger partial charge in [-0.1, -0.05) is 18.6 Å². The summed E-state index contributed by atoms with van der Waals surface area (Å²) in [6.07, 6.45) is 4.47. The monoisotopic (exact) mass is 484 g/mol. The van der Waals surface area contributed by atoms with Crippen molar-refractivity contribution in [2.24, 2.45) is 5.73 Å². The van der Waals surface area contributed by atoms with Crippen LogP contribution in [0.3, 0.4) is 0 Å². The summed E-state index contributed by atoms with van der Waals surface area (Å²) in [5, 5.41) is 2.88. The number of anilines is 1. The molecule has 0 spiro atoms. The Bertz CT molecular complexity index is 1150. The van der Waals surface area contributed by atoms with Crippen LogP contribution in [0.2, 0.25) is 0 Å². The number of carbonyl (C=O) groups is 2. The van der Waals surface area contributed by atoms with Gasteiger partial charge in [-0.3, -0.25) is 14.5 Å². The van der Waals surface area contributed by atoms with Crippen LogP contribution in [0, 0.1) is 0 Å².